The van der Waals surface area contributed by atoms with E-state index in [-0.39, 0.29) is 41.3 Å². The number of anilines is 2. The normalized spacial score (nSPS) is 21.7. The van der Waals surface area contributed by atoms with Crippen LogP contribution in [0.5, 0.6) is 0 Å². The van der Waals surface area contributed by atoms with Gasteiger partial charge in [0, 0.05) is 57.9 Å². The zero-order valence-electron chi connectivity index (χ0n) is 32.2. The van der Waals surface area contributed by atoms with Gasteiger partial charge in [-0.1, -0.05) is 23.7 Å². The van der Waals surface area contributed by atoms with Crippen molar-refractivity contribution in [2.75, 3.05) is 56.0 Å². The number of imide groups is 1. The molecule has 0 spiro atoms. The molecule has 2 aromatic carbocycles. The van der Waals surface area contributed by atoms with E-state index in [1.807, 2.05) is 17.0 Å². The lowest BCUT2D eigenvalue weighted by Crippen LogP contribution is -2.44. The van der Waals surface area contributed by atoms with Gasteiger partial charge in [-0.2, -0.15) is 13.2 Å². The molecule has 4 aliphatic heterocycles. The van der Waals surface area contributed by atoms with E-state index >= 15 is 0 Å². The van der Waals surface area contributed by atoms with Crippen molar-refractivity contribution in [1.82, 2.24) is 33.6 Å². The molecule has 4 fully saturated rings. The number of hydrogen-bond donors (Lipinski definition) is 2. The first kappa shape index (κ1) is 40.5. The zero-order valence-corrected chi connectivity index (χ0v) is 33.8. The van der Waals surface area contributed by atoms with Crippen molar-refractivity contribution in [3.05, 3.63) is 75.4 Å². The standard InChI is InChI=1S/C40H47ClF3N9O4S/c1-49-36-32(3-2-4-33(36)53(39(49)56)34-5-6-35(54)48-37(34)55)26-9-13-50(14-10-26)24-25-7-15-51(16-8-25)30-19-27(40(42,43)44)20-31(21-30)58(57)52-17-11-29(12-18-52)47-38-45-22-28(41)23-46-38/h2-4,19-23,25-26,29,34H,5-18,24H2,1H3,(H,45,46,47)(H,48,54,55). The molecule has 2 atom stereocenters. The van der Waals surface area contributed by atoms with Gasteiger partial charge in [-0.25, -0.2) is 23.3 Å². The monoisotopic (exact) mass is 841 g/mol. The van der Waals surface area contributed by atoms with Crippen LogP contribution in [-0.4, -0.2) is 96.2 Å². The van der Waals surface area contributed by atoms with Gasteiger partial charge in [0.25, 0.3) is 0 Å². The third kappa shape index (κ3) is 8.54. The number of amides is 2. The number of nitrogens with one attached hydrogen (secondary N) is 2. The second kappa shape index (κ2) is 16.7. The van der Waals surface area contributed by atoms with E-state index in [4.69, 9.17) is 11.6 Å². The van der Waals surface area contributed by atoms with Crippen molar-refractivity contribution in [1.29, 1.82) is 0 Å². The highest BCUT2D eigenvalue weighted by Gasteiger charge is 2.36. The Morgan fingerprint density at radius 3 is 2.29 bits per heavy atom. The van der Waals surface area contributed by atoms with Crippen LogP contribution in [0.1, 0.15) is 74.5 Å². The summed E-state index contributed by atoms with van der Waals surface area (Å²) < 4.78 is 61.1. The number of likely N-dealkylation sites (tertiary alicyclic amines) is 1. The number of aryl methyl sites for hydroxylation is 1. The smallest absolute Gasteiger partial charge is 0.371 e. The molecule has 0 saturated carbocycles. The minimum Gasteiger partial charge on any atom is -0.371 e. The average molecular weight is 842 g/mol. The van der Waals surface area contributed by atoms with Crippen LogP contribution >= 0.6 is 11.6 Å². The number of para-hydroxylation sites is 1. The summed E-state index contributed by atoms with van der Waals surface area (Å²) in [6.07, 6.45) is 3.65. The van der Waals surface area contributed by atoms with E-state index in [9.17, 15) is 31.8 Å². The molecule has 18 heteroatoms. The number of nitrogens with zero attached hydrogens (tertiary/aromatic N) is 7. The number of fused-ring (bicyclic) bond motifs is 1. The molecule has 2 amide bonds. The van der Waals surface area contributed by atoms with Crippen LogP contribution in [0.3, 0.4) is 0 Å². The predicted octanol–water partition coefficient (Wildman–Crippen LogP) is 5.48. The number of rotatable bonds is 9. The van der Waals surface area contributed by atoms with Crippen LogP contribution in [0.2, 0.25) is 5.02 Å². The van der Waals surface area contributed by atoms with Gasteiger partial charge in [-0.15, -0.1) is 0 Å². The van der Waals surface area contributed by atoms with Crippen molar-refractivity contribution in [3.8, 4) is 0 Å². The molecule has 2 N–H and O–H groups in total. The molecule has 6 heterocycles. The quantitative estimate of drug-likeness (QED) is 0.210. The average Bonchev–Trinajstić information content (AvgIpc) is 3.47. The highest BCUT2D eigenvalue weighted by Crippen LogP contribution is 2.38. The Balaban J connectivity index is 0.867. The molecule has 58 heavy (non-hydrogen) atoms. The molecule has 4 aliphatic rings. The summed E-state index contributed by atoms with van der Waals surface area (Å²) >= 11 is 5.88. The van der Waals surface area contributed by atoms with Crippen LogP contribution in [-0.2, 0) is 33.8 Å². The summed E-state index contributed by atoms with van der Waals surface area (Å²) in [6.45, 7) is 4.78. The number of alkyl halides is 3. The van der Waals surface area contributed by atoms with E-state index < -0.39 is 34.7 Å². The Morgan fingerprint density at radius 2 is 1.62 bits per heavy atom. The zero-order chi connectivity index (χ0) is 40.7. The fourth-order valence-electron chi connectivity index (χ4n) is 9.11. The maximum atomic E-state index is 14.2. The SMILES string of the molecule is Cn1c(=O)n(C2CCC(=O)NC2=O)c2cccc(C3CCN(CC4CCN(c5cc(S(=O)N6CCC(Nc7ncc(Cl)cn7)CC6)cc(C(F)(F)F)c5)CC4)CC3)c21. The number of hydrogen-bond acceptors (Lipinski definition) is 9. The minimum absolute atomic E-state index is 0.0395. The molecule has 0 aliphatic carbocycles. The lowest BCUT2D eigenvalue weighted by molar-refractivity contribution is -0.138. The van der Waals surface area contributed by atoms with E-state index in [0.717, 1.165) is 62.5 Å². The summed E-state index contributed by atoms with van der Waals surface area (Å²) in [5, 5.41) is 6.06. The lowest BCUT2D eigenvalue weighted by Gasteiger charge is -2.39. The van der Waals surface area contributed by atoms with E-state index in [2.05, 4.69) is 31.6 Å². The Hall–Kier alpha value is -4.32. The molecule has 4 aromatic rings. The fraction of sp³-hybridized carbons (Fsp3) is 0.525. The molecular formula is C40H47ClF3N9O4S. The number of aromatic nitrogens is 4. The van der Waals surface area contributed by atoms with Gasteiger partial charge < -0.3 is 15.1 Å². The summed E-state index contributed by atoms with van der Waals surface area (Å²) in [5.74, 6) is 0.302. The molecule has 2 aromatic heterocycles. The first-order chi connectivity index (χ1) is 27.8. The van der Waals surface area contributed by atoms with E-state index in [1.54, 1.807) is 22.0 Å². The van der Waals surface area contributed by atoms with Gasteiger partial charge in [0.15, 0.2) is 0 Å². The van der Waals surface area contributed by atoms with Crippen molar-refractivity contribution in [2.24, 2.45) is 13.0 Å². The molecule has 0 bridgehead atoms. The lowest BCUT2D eigenvalue weighted by atomic mass is 9.87. The van der Waals surface area contributed by atoms with Gasteiger partial charge >= 0.3 is 11.9 Å². The highest BCUT2D eigenvalue weighted by molar-refractivity contribution is 7.82. The highest BCUT2D eigenvalue weighted by atomic mass is 35.5. The van der Waals surface area contributed by atoms with Gasteiger partial charge in [0.05, 0.1) is 38.9 Å². The van der Waals surface area contributed by atoms with E-state index in [0.29, 0.717) is 67.1 Å². The number of carbonyl (C=O) groups is 2. The number of carbonyl (C=O) groups excluding carboxylic acids is 2. The fourth-order valence-corrected chi connectivity index (χ4v) is 10.5. The van der Waals surface area contributed by atoms with Crippen molar-refractivity contribution in [3.63, 3.8) is 0 Å². The van der Waals surface area contributed by atoms with Gasteiger partial charge in [0.1, 0.15) is 17.0 Å². The van der Waals surface area contributed by atoms with Gasteiger partial charge in [-0.05, 0) is 99.7 Å². The first-order valence-electron chi connectivity index (χ1n) is 20.0. The molecule has 13 nitrogen and oxygen atoms in total. The number of imidazole rings is 1. The summed E-state index contributed by atoms with van der Waals surface area (Å²) in [6, 6.07) is 9.06. The number of piperidine rings is 4. The number of benzene rings is 2. The van der Waals surface area contributed by atoms with Crippen LogP contribution in [0.15, 0.2) is 58.5 Å². The molecule has 4 saturated heterocycles. The second-order valence-corrected chi connectivity index (χ2v) is 17.9. The Kier molecular flexibility index (Phi) is 11.7. The van der Waals surface area contributed by atoms with Crippen LogP contribution in [0.4, 0.5) is 24.8 Å². The van der Waals surface area contributed by atoms with Crippen molar-refractivity contribution in [2.45, 2.75) is 80.4 Å². The first-order valence-corrected chi connectivity index (χ1v) is 21.4. The van der Waals surface area contributed by atoms with Crippen LogP contribution < -0.4 is 21.2 Å². The third-order valence-corrected chi connectivity index (χ3v) is 13.9. The molecule has 2 unspecified atom stereocenters. The van der Waals surface area contributed by atoms with Crippen LogP contribution in [0, 0.1) is 5.92 Å². The summed E-state index contributed by atoms with van der Waals surface area (Å²) in [5.41, 5.74) is 2.00. The summed E-state index contributed by atoms with van der Waals surface area (Å²) in [4.78, 5) is 50.9. The second-order valence-electron chi connectivity index (χ2n) is 15.9. The largest absolute Gasteiger partial charge is 0.416 e. The predicted molar refractivity (Wildman–Crippen MR) is 215 cm³/mol. The maximum absolute atomic E-state index is 14.2. The Bertz CT molecular complexity index is 2240. The minimum atomic E-state index is -4.58. The summed E-state index contributed by atoms with van der Waals surface area (Å²) in [7, 11) is -0.0218. The molecule has 310 valence electrons. The van der Waals surface area contributed by atoms with Crippen LogP contribution in [0.25, 0.3) is 11.0 Å². The maximum Gasteiger partial charge on any atom is 0.416 e. The Morgan fingerprint density at radius 1 is 0.914 bits per heavy atom. The molecule has 8 rings (SSSR count). The third-order valence-electron chi connectivity index (χ3n) is 12.2. The van der Waals surface area contributed by atoms with Gasteiger partial charge in [0.2, 0.25) is 17.8 Å². The van der Waals surface area contributed by atoms with Crippen molar-refractivity contribution >= 4 is 57.1 Å². The molecular weight excluding hydrogens is 795 g/mol. The Labute approximate surface area is 341 Å². The van der Waals surface area contributed by atoms with Gasteiger partial charge in [-0.3, -0.25) is 24.0 Å². The van der Waals surface area contributed by atoms with E-state index in [1.165, 1.54) is 23.0 Å². The topological polar surface area (TPSA) is 138 Å². The number of halogens is 4. The van der Waals surface area contributed by atoms with Crippen molar-refractivity contribution < 1.29 is 27.0 Å². The molecule has 0 radical (unpaired) electrons.